The molecule has 1 amide bonds. The average Bonchev–Trinajstić information content (AvgIpc) is 2.28. The molecule has 0 saturated carbocycles. The standard InChI is InChI=1S/C13H15ClFNO3/c1-13(2,12(18)19)6-7-16-11(17)10-8(14)4-3-5-9(10)15/h3-5H,6-7H2,1-2H3,(H,16,17)(H,18,19). The van der Waals surface area contributed by atoms with Gasteiger partial charge in [0.25, 0.3) is 5.91 Å². The third-order valence-electron chi connectivity index (χ3n) is 2.80. The van der Waals surface area contributed by atoms with Gasteiger partial charge in [-0.2, -0.15) is 0 Å². The predicted molar refractivity (Wildman–Crippen MR) is 69.8 cm³/mol. The summed E-state index contributed by atoms with van der Waals surface area (Å²) < 4.78 is 13.5. The van der Waals surface area contributed by atoms with Crippen LogP contribution in [0, 0.1) is 11.2 Å². The molecule has 0 radical (unpaired) electrons. The molecule has 0 heterocycles. The van der Waals surface area contributed by atoms with Gasteiger partial charge >= 0.3 is 5.97 Å². The molecular weight excluding hydrogens is 273 g/mol. The maximum absolute atomic E-state index is 13.5. The van der Waals surface area contributed by atoms with Crippen LogP contribution in [0.3, 0.4) is 0 Å². The van der Waals surface area contributed by atoms with Crippen LogP contribution in [-0.2, 0) is 4.79 Å². The number of nitrogens with one attached hydrogen (secondary N) is 1. The molecule has 6 heteroatoms. The molecule has 2 N–H and O–H groups in total. The fourth-order valence-corrected chi connectivity index (χ4v) is 1.65. The molecule has 4 nitrogen and oxygen atoms in total. The second-order valence-corrected chi connectivity index (χ2v) is 5.20. The van der Waals surface area contributed by atoms with E-state index in [1.165, 1.54) is 12.1 Å². The van der Waals surface area contributed by atoms with Crippen LogP contribution in [0.5, 0.6) is 0 Å². The van der Waals surface area contributed by atoms with E-state index < -0.39 is 23.1 Å². The monoisotopic (exact) mass is 287 g/mol. The second kappa shape index (κ2) is 6.02. The van der Waals surface area contributed by atoms with Crippen LogP contribution in [0.15, 0.2) is 18.2 Å². The molecule has 1 aromatic rings. The van der Waals surface area contributed by atoms with Gasteiger partial charge in [0.1, 0.15) is 5.82 Å². The summed E-state index contributed by atoms with van der Waals surface area (Å²) in [5, 5.41) is 11.4. The Kier molecular flexibility index (Phi) is 4.89. The number of rotatable bonds is 5. The van der Waals surface area contributed by atoms with Gasteiger partial charge in [0.2, 0.25) is 0 Å². The molecule has 0 atom stereocenters. The van der Waals surface area contributed by atoms with E-state index in [4.69, 9.17) is 16.7 Å². The summed E-state index contributed by atoms with van der Waals surface area (Å²) in [4.78, 5) is 22.6. The van der Waals surface area contributed by atoms with Crippen molar-refractivity contribution in [1.29, 1.82) is 0 Å². The largest absolute Gasteiger partial charge is 0.481 e. The highest BCUT2D eigenvalue weighted by atomic mass is 35.5. The molecule has 0 spiro atoms. The van der Waals surface area contributed by atoms with Crippen LogP contribution in [0.1, 0.15) is 30.6 Å². The highest BCUT2D eigenvalue weighted by Crippen LogP contribution is 2.21. The van der Waals surface area contributed by atoms with E-state index in [9.17, 15) is 14.0 Å². The molecule has 0 unspecified atom stereocenters. The van der Waals surface area contributed by atoms with E-state index in [-0.39, 0.29) is 23.6 Å². The Balaban J connectivity index is 2.65. The highest BCUT2D eigenvalue weighted by Gasteiger charge is 2.27. The predicted octanol–water partition coefficient (Wildman–Crippen LogP) is 2.71. The summed E-state index contributed by atoms with van der Waals surface area (Å²) >= 11 is 5.75. The van der Waals surface area contributed by atoms with Crippen molar-refractivity contribution < 1.29 is 19.1 Å². The smallest absolute Gasteiger partial charge is 0.309 e. The van der Waals surface area contributed by atoms with Crippen molar-refractivity contribution >= 4 is 23.5 Å². The Morgan fingerprint density at radius 1 is 1.42 bits per heavy atom. The van der Waals surface area contributed by atoms with Crippen molar-refractivity contribution in [2.45, 2.75) is 20.3 Å². The van der Waals surface area contributed by atoms with Gasteiger partial charge in [-0.15, -0.1) is 0 Å². The van der Waals surface area contributed by atoms with Gasteiger partial charge < -0.3 is 10.4 Å². The Hall–Kier alpha value is -1.62. The first-order valence-corrected chi connectivity index (χ1v) is 6.09. The zero-order valence-corrected chi connectivity index (χ0v) is 11.4. The van der Waals surface area contributed by atoms with Gasteiger partial charge in [0.15, 0.2) is 0 Å². The first-order chi connectivity index (χ1) is 8.75. The van der Waals surface area contributed by atoms with E-state index in [1.807, 2.05) is 0 Å². The van der Waals surface area contributed by atoms with Gasteiger partial charge in [-0.1, -0.05) is 17.7 Å². The minimum Gasteiger partial charge on any atom is -0.481 e. The fourth-order valence-electron chi connectivity index (χ4n) is 1.40. The van der Waals surface area contributed by atoms with E-state index >= 15 is 0 Å². The SMILES string of the molecule is CC(C)(CCNC(=O)c1c(F)cccc1Cl)C(=O)O. The number of halogens is 2. The third kappa shape index (κ3) is 3.92. The van der Waals surface area contributed by atoms with Gasteiger partial charge in [0.05, 0.1) is 16.0 Å². The normalized spacial score (nSPS) is 11.2. The first-order valence-electron chi connectivity index (χ1n) is 5.71. The van der Waals surface area contributed by atoms with Crippen molar-refractivity contribution in [3.05, 3.63) is 34.6 Å². The number of hydrogen-bond acceptors (Lipinski definition) is 2. The number of amides is 1. The minimum atomic E-state index is -0.953. The Labute approximate surface area is 115 Å². The molecule has 0 bridgehead atoms. The molecule has 0 fully saturated rings. The third-order valence-corrected chi connectivity index (χ3v) is 3.12. The Morgan fingerprint density at radius 2 is 2.05 bits per heavy atom. The molecule has 0 aromatic heterocycles. The summed E-state index contributed by atoms with van der Waals surface area (Å²) in [5.74, 6) is -2.31. The number of carboxylic acid groups (broad SMARTS) is 1. The van der Waals surface area contributed by atoms with Crippen molar-refractivity contribution in [3.63, 3.8) is 0 Å². The van der Waals surface area contributed by atoms with Crippen molar-refractivity contribution in [2.75, 3.05) is 6.54 Å². The van der Waals surface area contributed by atoms with E-state index in [2.05, 4.69) is 5.32 Å². The lowest BCUT2D eigenvalue weighted by Crippen LogP contribution is -2.32. The van der Waals surface area contributed by atoms with Crippen LogP contribution >= 0.6 is 11.6 Å². The van der Waals surface area contributed by atoms with Crippen molar-refractivity contribution in [3.8, 4) is 0 Å². The number of aliphatic carboxylic acids is 1. The van der Waals surface area contributed by atoms with Crippen molar-refractivity contribution in [1.82, 2.24) is 5.32 Å². The second-order valence-electron chi connectivity index (χ2n) is 4.79. The van der Waals surface area contributed by atoms with Gasteiger partial charge in [-0.3, -0.25) is 9.59 Å². The average molecular weight is 288 g/mol. The zero-order valence-electron chi connectivity index (χ0n) is 10.7. The van der Waals surface area contributed by atoms with E-state index in [0.717, 1.165) is 6.07 Å². The first kappa shape index (κ1) is 15.4. The Morgan fingerprint density at radius 3 is 2.58 bits per heavy atom. The molecule has 1 rings (SSSR count). The molecular formula is C13H15ClFNO3. The lowest BCUT2D eigenvalue weighted by atomic mass is 9.90. The topological polar surface area (TPSA) is 66.4 Å². The molecule has 0 saturated heterocycles. The highest BCUT2D eigenvalue weighted by molar-refractivity contribution is 6.33. The molecule has 0 aliphatic heterocycles. The number of carbonyl (C=O) groups is 2. The molecule has 104 valence electrons. The number of carboxylic acids is 1. The Bertz CT molecular complexity index is 482. The molecule has 0 aliphatic carbocycles. The maximum atomic E-state index is 13.5. The summed E-state index contributed by atoms with van der Waals surface area (Å²) in [5.41, 5.74) is -1.18. The summed E-state index contributed by atoms with van der Waals surface area (Å²) in [6.07, 6.45) is 0.236. The molecule has 1 aromatic carbocycles. The minimum absolute atomic E-state index is 0.0231. The van der Waals surface area contributed by atoms with Gasteiger partial charge in [-0.25, -0.2) is 4.39 Å². The zero-order chi connectivity index (χ0) is 14.6. The van der Waals surface area contributed by atoms with E-state index in [1.54, 1.807) is 13.8 Å². The van der Waals surface area contributed by atoms with Crippen LogP contribution < -0.4 is 5.32 Å². The summed E-state index contributed by atoms with van der Waals surface area (Å²) in [7, 11) is 0. The molecule has 0 aliphatic rings. The molecule has 19 heavy (non-hydrogen) atoms. The maximum Gasteiger partial charge on any atom is 0.309 e. The summed E-state index contributed by atoms with van der Waals surface area (Å²) in [6.45, 7) is 3.23. The van der Waals surface area contributed by atoms with Gasteiger partial charge in [-0.05, 0) is 32.4 Å². The van der Waals surface area contributed by atoms with E-state index in [0.29, 0.717) is 0 Å². The summed E-state index contributed by atoms with van der Waals surface area (Å²) in [6, 6.07) is 3.96. The van der Waals surface area contributed by atoms with Crippen LogP contribution in [-0.4, -0.2) is 23.5 Å². The van der Waals surface area contributed by atoms with Crippen LogP contribution in [0.4, 0.5) is 4.39 Å². The fraction of sp³-hybridized carbons (Fsp3) is 0.385. The van der Waals surface area contributed by atoms with Crippen LogP contribution in [0.2, 0.25) is 5.02 Å². The number of carbonyl (C=O) groups excluding carboxylic acids is 1. The van der Waals surface area contributed by atoms with Crippen LogP contribution in [0.25, 0.3) is 0 Å². The quantitative estimate of drug-likeness (QED) is 0.875. The number of benzene rings is 1. The lowest BCUT2D eigenvalue weighted by Gasteiger charge is -2.19. The van der Waals surface area contributed by atoms with Gasteiger partial charge in [0, 0.05) is 6.54 Å². The lowest BCUT2D eigenvalue weighted by molar-refractivity contribution is -0.147. The number of hydrogen-bond donors (Lipinski definition) is 2. The van der Waals surface area contributed by atoms with Crippen molar-refractivity contribution in [2.24, 2.45) is 5.41 Å².